The molecular formula is C17H34. The van der Waals surface area contributed by atoms with Gasteiger partial charge < -0.3 is 0 Å². The molecule has 0 aromatic rings. The second-order valence-electron chi connectivity index (χ2n) is 6.68. The third-order valence-corrected chi connectivity index (χ3v) is 5.00. The van der Waals surface area contributed by atoms with E-state index in [2.05, 4.69) is 27.7 Å². The molecule has 1 fully saturated rings. The summed E-state index contributed by atoms with van der Waals surface area (Å²) in [5.74, 6) is 4.05. The molecule has 1 aliphatic rings. The van der Waals surface area contributed by atoms with E-state index in [1.807, 2.05) is 0 Å². The molecular weight excluding hydrogens is 204 g/mol. The van der Waals surface area contributed by atoms with Crippen molar-refractivity contribution in [3.63, 3.8) is 0 Å². The molecule has 0 amide bonds. The minimum Gasteiger partial charge on any atom is -0.0651 e. The third-order valence-electron chi connectivity index (χ3n) is 5.00. The Morgan fingerprint density at radius 3 is 2.00 bits per heavy atom. The van der Waals surface area contributed by atoms with E-state index in [1.54, 1.807) is 0 Å². The summed E-state index contributed by atoms with van der Waals surface area (Å²) in [5, 5.41) is 0. The van der Waals surface area contributed by atoms with E-state index in [0.717, 1.165) is 23.7 Å². The van der Waals surface area contributed by atoms with E-state index in [9.17, 15) is 0 Å². The number of rotatable bonds is 7. The van der Waals surface area contributed by atoms with Gasteiger partial charge in [-0.15, -0.1) is 0 Å². The highest BCUT2D eigenvalue weighted by Gasteiger charge is 2.25. The Labute approximate surface area is 110 Å². The van der Waals surface area contributed by atoms with E-state index in [4.69, 9.17) is 0 Å². The van der Waals surface area contributed by atoms with Crippen LogP contribution in [-0.4, -0.2) is 0 Å². The van der Waals surface area contributed by atoms with Gasteiger partial charge in [-0.2, -0.15) is 0 Å². The van der Waals surface area contributed by atoms with Crippen molar-refractivity contribution >= 4 is 0 Å². The lowest BCUT2D eigenvalue weighted by Gasteiger charge is -2.33. The van der Waals surface area contributed by atoms with E-state index < -0.39 is 0 Å². The van der Waals surface area contributed by atoms with Crippen LogP contribution in [0.25, 0.3) is 0 Å². The first-order valence-electron chi connectivity index (χ1n) is 8.17. The molecule has 0 unspecified atom stereocenters. The zero-order chi connectivity index (χ0) is 12.7. The second-order valence-corrected chi connectivity index (χ2v) is 6.68. The molecule has 0 heteroatoms. The van der Waals surface area contributed by atoms with Gasteiger partial charge in [-0.05, 0) is 36.5 Å². The third kappa shape index (κ3) is 5.44. The molecule has 1 rings (SSSR count). The highest BCUT2D eigenvalue weighted by molar-refractivity contribution is 4.77. The van der Waals surface area contributed by atoms with E-state index in [0.29, 0.717) is 0 Å². The van der Waals surface area contributed by atoms with Gasteiger partial charge >= 0.3 is 0 Å². The predicted octanol–water partition coefficient (Wildman–Crippen LogP) is 6.06. The number of hydrogen-bond donors (Lipinski definition) is 0. The maximum absolute atomic E-state index is 2.38. The van der Waals surface area contributed by atoms with Crippen molar-refractivity contribution in [2.45, 2.75) is 85.5 Å². The standard InChI is InChI=1S/C17H34/c1-5-16(6-2)17-12-10-15(11-13-17)9-7-8-14(3)4/h14-17H,5-13H2,1-4H3. The van der Waals surface area contributed by atoms with Gasteiger partial charge in [0.05, 0.1) is 0 Å². The molecule has 0 bridgehead atoms. The SMILES string of the molecule is CCC(CC)C1CCC(CCCC(C)C)CC1. The van der Waals surface area contributed by atoms with Gasteiger partial charge in [-0.25, -0.2) is 0 Å². The van der Waals surface area contributed by atoms with Gasteiger partial charge in [0.25, 0.3) is 0 Å². The van der Waals surface area contributed by atoms with Crippen LogP contribution >= 0.6 is 0 Å². The second kappa shape index (κ2) is 8.16. The molecule has 0 nitrogen and oxygen atoms in total. The molecule has 1 aliphatic carbocycles. The Balaban J connectivity index is 2.17. The highest BCUT2D eigenvalue weighted by atomic mass is 14.3. The van der Waals surface area contributed by atoms with Crippen LogP contribution in [0.3, 0.4) is 0 Å². The van der Waals surface area contributed by atoms with Crippen LogP contribution in [0.1, 0.15) is 85.5 Å². The summed E-state index contributed by atoms with van der Waals surface area (Å²) in [7, 11) is 0. The molecule has 0 atom stereocenters. The Morgan fingerprint density at radius 1 is 0.941 bits per heavy atom. The summed E-state index contributed by atoms with van der Waals surface area (Å²) in [6.07, 6.45) is 13.3. The molecule has 0 aromatic heterocycles. The highest BCUT2D eigenvalue weighted by Crippen LogP contribution is 2.37. The Hall–Kier alpha value is 0. The predicted molar refractivity (Wildman–Crippen MR) is 78.2 cm³/mol. The van der Waals surface area contributed by atoms with Crippen LogP contribution in [0, 0.1) is 23.7 Å². The first-order valence-corrected chi connectivity index (χ1v) is 8.17. The molecule has 0 heterocycles. The van der Waals surface area contributed by atoms with Crippen molar-refractivity contribution in [1.29, 1.82) is 0 Å². The fraction of sp³-hybridized carbons (Fsp3) is 1.00. The van der Waals surface area contributed by atoms with Crippen LogP contribution in [0.5, 0.6) is 0 Å². The van der Waals surface area contributed by atoms with Gasteiger partial charge in [0.15, 0.2) is 0 Å². The first kappa shape index (κ1) is 15.1. The van der Waals surface area contributed by atoms with Crippen LogP contribution in [-0.2, 0) is 0 Å². The van der Waals surface area contributed by atoms with E-state index in [-0.39, 0.29) is 0 Å². The average Bonchev–Trinajstić information content (AvgIpc) is 2.32. The molecule has 0 radical (unpaired) electrons. The minimum atomic E-state index is 0.899. The Morgan fingerprint density at radius 2 is 1.53 bits per heavy atom. The lowest BCUT2D eigenvalue weighted by atomic mass is 9.73. The molecule has 102 valence electrons. The Bertz CT molecular complexity index is 170. The summed E-state index contributed by atoms with van der Waals surface area (Å²) in [4.78, 5) is 0. The van der Waals surface area contributed by atoms with Gasteiger partial charge in [0.1, 0.15) is 0 Å². The van der Waals surface area contributed by atoms with Crippen molar-refractivity contribution in [2.75, 3.05) is 0 Å². The molecule has 0 aromatic carbocycles. The van der Waals surface area contributed by atoms with Crippen molar-refractivity contribution in [3.05, 3.63) is 0 Å². The van der Waals surface area contributed by atoms with Gasteiger partial charge in [0, 0.05) is 0 Å². The summed E-state index contributed by atoms with van der Waals surface area (Å²) < 4.78 is 0. The van der Waals surface area contributed by atoms with Crippen LogP contribution in [0.4, 0.5) is 0 Å². The minimum absolute atomic E-state index is 0.899. The van der Waals surface area contributed by atoms with Crippen LogP contribution in [0.2, 0.25) is 0 Å². The summed E-state index contributed by atoms with van der Waals surface area (Å²) in [6, 6.07) is 0. The smallest absolute Gasteiger partial charge is 0.0386 e. The Kier molecular flexibility index (Phi) is 7.23. The molecule has 0 N–H and O–H groups in total. The molecule has 1 saturated carbocycles. The quantitative estimate of drug-likeness (QED) is 0.506. The van der Waals surface area contributed by atoms with Crippen LogP contribution < -0.4 is 0 Å². The first-order chi connectivity index (χ1) is 8.17. The van der Waals surface area contributed by atoms with Crippen molar-refractivity contribution in [2.24, 2.45) is 23.7 Å². The maximum Gasteiger partial charge on any atom is -0.0386 e. The van der Waals surface area contributed by atoms with Gasteiger partial charge in [-0.1, -0.05) is 72.6 Å². The van der Waals surface area contributed by atoms with Crippen molar-refractivity contribution < 1.29 is 0 Å². The normalized spacial score (nSPS) is 25.8. The van der Waals surface area contributed by atoms with E-state index in [1.165, 1.54) is 57.8 Å². The van der Waals surface area contributed by atoms with Crippen molar-refractivity contribution in [1.82, 2.24) is 0 Å². The summed E-state index contributed by atoms with van der Waals surface area (Å²) in [6.45, 7) is 9.46. The van der Waals surface area contributed by atoms with E-state index >= 15 is 0 Å². The average molecular weight is 238 g/mol. The lowest BCUT2D eigenvalue weighted by Crippen LogP contribution is -2.21. The summed E-state index contributed by atoms with van der Waals surface area (Å²) >= 11 is 0. The monoisotopic (exact) mass is 238 g/mol. The molecule has 0 spiro atoms. The fourth-order valence-corrected chi connectivity index (χ4v) is 3.72. The lowest BCUT2D eigenvalue weighted by molar-refractivity contribution is 0.187. The fourth-order valence-electron chi connectivity index (χ4n) is 3.72. The largest absolute Gasteiger partial charge is 0.0651 e. The number of hydrogen-bond acceptors (Lipinski definition) is 0. The molecule has 0 saturated heterocycles. The summed E-state index contributed by atoms with van der Waals surface area (Å²) in [5.41, 5.74) is 0. The zero-order valence-electron chi connectivity index (χ0n) is 12.7. The molecule has 17 heavy (non-hydrogen) atoms. The van der Waals surface area contributed by atoms with Crippen molar-refractivity contribution in [3.8, 4) is 0 Å². The molecule has 0 aliphatic heterocycles. The maximum atomic E-state index is 2.38. The topological polar surface area (TPSA) is 0 Å². The van der Waals surface area contributed by atoms with Gasteiger partial charge in [0.2, 0.25) is 0 Å². The van der Waals surface area contributed by atoms with Crippen LogP contribution in [0.15, 0.2) is 0 Å². The zero-order valence-corrected chi connectivity index (χ0v) is 12.7. The van der Waals surface area contributed by atoms with Gasteiger partial charge in [-0.3, -0.25) is 0 Å².